The Balaban J connectivity index is 2.01. The van der Waals surface area contributed by atoms with Crippen molar-refractivity contribution in [2.45, 2.75) is 19.9 Å². The summed E-state index contributed by atoms with van der Waals surface area (Å²) in [4.78, 5) is 22.7. The Morgan fingerprint density at radius 2 is 2.15 bits per heavy atom. The maximum absolute atomic E-state index is 12.2. The molecule has 1 aromatic rings. The Morgan fingerprint density at radius 3 is 2.80 bits per heavy atom. The molecule has 110 valence electrons. The minimum atomic E-state index is -0.202. The topological polar surface area (TPSA) is 79.4 Å². The zero-order chi connectivity index (χ0) is 14.5. The van der Waals surface area contributed by atoms with Gasteiger partial charge < -0.3 is 10.1 Å². The third kappa shape index (κ3) is 3.64. The van der Waals surface area contributed by atoms with E-state index in [4.69, 9.17) is 4.74 Å². The Labute approximate surface area is 118 Å². The minimum Gasteiger partial charge on any atom is -0.481 e. The number of carbonyl (C=O) groups is 1. The first-order valence-electron chi connectivity index (χ1n) is 6.75. The molecule has 1 amide bonds. The Bertz CT molecular complexity index is 474. The molecule has 0 aromatic carbocycles. The molecular weight excluding hydrogens is 258 g/mol. The molecule has 0 spiro atoms. The van der Waals surface area contributed by atoms with Gasteiger partial charge in [-0.05, 0) is 13.8 Å². The summed E-state index contributed by atoms with van der Waals surface area (Å²) in [6, 6.07) is 1.52. The average molecular weight is 279 g/mol. The van der Waals surface area contributed by atoms with Crippen molar-refractivity contribution < 1.29 is 9.53 Å². The van der Waals surface area contributed by atoms with E-state index in [1.54, 1.807) is 6.07 Å². The highest BCUT2D eigenvalue weighted by Crippen LogP contribution is 2.12. The van der Waals surface area contributed by atoms with Crippen molar-refractivity contribution in [1.82, 2.24) is 20.2 Å². The fourth-order valence-electron chi connectivity index (χ4n) is 2.15. The van der Waals surface area contributed by atoms with Crippen LogP contribution in [0.4, 0.5) is 5.95 Å². The number of aromatic nitrogens is 2. The zero-order valence-electron chi connectivity index (χ0n) is 12.1. The molecule has 2 heterocycles. The fraction of sp³-hybridized carbons (Fsp3) is 0.615. The number of ether oxygens (including phenoxy) is 1. The maximum Gasteiger partial charge on any atom is 0.243 e. The molecule has 1 unspecified atom stereocenters. The SMILES string of the molecule is COc1cc(C)nc(NC(=O)C(C)N2CCNCC2)n1. The average Bonchev–Trinajstić information content (AvgIpc) is 2.46. The number of nitrogens with one attached hydrogen (secondary N) is 2. The Morgan fingerprint density at radius 1 is 1.45 bits per heavy atom. The van der Waals surface area contributed by atoms with Gasteiger partial charge in [0.2, 0.25) is 17.7 Å². The number of hydrogen-bond donors (Lipinski definition) is 2. The monoisotopic (exact) mass is 279 g/mol. The lowest BCUT2D eigenvalue weighted by Gasteiger charge is -2.31. The molecule has 0 aliphatic carbocycles. The van der Waals surface area contributed by atoms with E-state index in [1.807, 2.05) is 13.8 Å². The third-order valence-corrected chi connectivity index (χ3v) is 3.35. The van der Waals surface area contributed by atoms with Crippen molar-refractivity contribution in [1.29, 1.82) is 0 Å². The lowest BCUT2D eigenvalue weighted by Crippen LogP contribution is -2.51. The summed E-state index contributed by atoms with van der Waals surface area (Å²) >= 11 is 0. The maximum atomic E-state index is 12.2. The van der Waals surface area contributed by atoms with Gasteiger partial charge in [0.25, 0.3) is 0 Å². The van der Waals surface area contributed by atoms with Crippen LogP contribution in [0.15, 0.2) is 6.07 Å². The van der Waals surface area contributed by atoms with E-state index in [2.05, 4.69) is 25.5 Å². The lowest BCUT2D eigenvalue weighted by molar-refractivity contribution is -0.121. The number of methoxy groups -OCH3 is 1. The van der Waals surface area contributed by atoms with Gasteiger partial charge in [0, 0.05) is 37.9 Å². The number of nitrogens with zero attached hydrogens (tertiary/aromatic N) is 3. The van der Waals surface area contributed by atoms with Crippen molar-refractivity contribution in [3.8, 4) is 5.88 Å². The highest BCUT2D eigenvalue weighted by molar-refractivity contribution is 5.93. The zero-order valence-corrected chi connectivity index (χ0v) is 12.1. The van der Waals surface area contributed by atoms with Crippen LogP contribution in [0.5, 0.6) is 5.88 Å². The first-order chi connectivity index (χ1) is 9.60. The second kappa shape index (κ2) is 6.62. The van der Waals surface area contributed by atoms with E-state index >= 15 is 0 Å². The molecule has 0 radical (unpaired) electrons. The summed E-state index contributed by atoms with van der Waals surface area (Å²) in [5.74, 6) is 0.635. The summed E-state index contributed by atoms with van der Waals surface area (Å²) in [5.41, 5.74) is 0.752. The molecule has 2 N–H and O–H groups in total. The normalized spacial score (nSPS) is 17.6. The van der Waals surface area contributed by atoms with E-state index in [0.717, 1.165) is 31.9 Å². The molecule has 1 aliphatic rings. The van der Waals surface area contributed by atoms with Crippen LogP contribution in [0, 0.1) is 6.92 Å². The van der Waals surface area contributed by atoms with Crippen LogP contribution < -0.4 is 15.4 Å². The number of carbonyl (C=O) groups excluding carboxylic acids is 1. The van der Waals surface area contributed by atoms with Gasteiger partial charge in [-0.25, -0.2) is 4.98 Å². The Kier molecular flexibility index (Phi) is 4.86. The largest absolute Gasteiger partial charge is 0.481 e. The van der Waals surface area contributed by atoms with Gasteiger partial charge in [-0.2, -0.15) is 4.98 Å². The number of rotatable bonds is 4. The number of aryl methyl sites for hydroxylation is 1. The van der Waals surface area contributed by atoms with E-state index in [1.165, 1.54) is 7.11 Å². The van der Waals surface area contributed by atoms with Crippen LogP contribution in [-0.2, 0) is 4.79 Å². The van der Waals surface area contributed by atoms with Gasteiger partial charge in [0.15, 0.2) is 0 Å². The highest BCUT2D eigenvalue weighted by atomic mass is 16.5. The van der Waals surface area contributed by atoms with Crippen molar-refractivity contribution in [3.05, 3.63) is 11.8 Å². The van der Waals surface area contributed by atoms with Crippen LogP contribution in [0.3, 0.4) is 0 Å². The smallest absolute Gasteiger partial charge is 0.243 e. The Hall–Kier alpha value is -1.73. The van der Waals surface area contributed by atoms with Crippen LogP contribution in [-0.4, -0.2) is 60.1 Å². The van der Waals surface area contributed by atoms with Crippen LogP contribution >= 0.6 is 0 Å². The number of piperazine rings is 1. The summed E-state index contributed by atoms with van der Waals surface area (Å²) < 4.78 is 5.07. The molecule has 1 atom stereocenters. The molecule has 1 aromatic heterocycles. The molecular formula is C13H21N5O2. The van der Waals surface area contributed by atoms with E-state index in [-0.39, 0.29) is 17.9 Å². The van der Waals surface area contributed by atoms with Crippen molar-refractivity contribution in [3.63, 3.8) is 0 Å². The van der Waals surface area contributed by atoms with Gasteiger partial charge in [0.05, 0.1) is 13.2 Å². The number of hydrogen-bond acceptors (Lipinski definition) is 6. The fourth-order valence-corrected chi connectivity index (χ4v) is 2.15. The molecule has 0 bridgehead atoms. The molecule has 20 heavy (non-hydrogen) atoms. The van der Waals surface area contributed by atoms with Gasteiger partial charge >= 0.3 is 0 Å². The van der Waals surface area contributed by atoms with Crippen LogP contribution in [0.1, 0.15) is 12.6 Å². The lowest BCUT2D eigenvalue weighted by atomic mass is 10.2. The van der Waals surface area contributed by atoms with Gasteiger partial charge in [0.1, 0.15) is 0 Å². The molecule has 7 nitrogen and oxygen atoms in total. The number of amides is 1. The summed E-state index contributed by atoms with van der Waals surface area (Å²) in [6.07, 6.45) is 0. The molecule has 2 rings (SSSR count). The quantitative estimate of drug-likeness (QED) is 0.809. The first-order valence-corrected chi connectivity index (χ1v) is 6.75. The second-order valence-electron chi connectivity index (χ2n) is 4.83. The standard InChI is InChI=1S/C13H21N5O2/c1-9-8-11(20-3)16-13(15-9)17-12(19)10(2)18-6-4-14-5-7-18/h8,10,14H,4-7H2,1-3H3,(H,15,16,17,19). The molecule has 0 saturated carbocycles. The van der Waals surface area contributed by atoms with Crippen LogP contribution in [0.25, 0.3) is 0 Å². The predicted octanol–water partition coefficient (Wildman–Crippen LogP) is 0.0258. The molecule has 7 heteroatoms. The first kappa shape index (κ1) is 14.7. The van der Waals surface area contributed by atoms with E-state index < -0.39 is 0 Å². The van der Waals surface area contributed by atoms with Crippen molar-refractivity contribution >= 4 is 11.9 Å². The van der Waals surface area contributed by atoms with Crippen molar-refractivity contribution in [2.24, 2.45) is 0 Å². The highest BCUT2D eigenvalue weighted by Gasteiger charge is 2.23. The summed E-state index contributed by atoms with van der Waals surface area (Å²) in [5, 5.41) is 6.02. The predicted molar refractivity (Wildman–Crippen MR) is 75.9 cm³/mol. The minimum absolute atomic E-state index is 0.0976. The molecule has 1 aliphatic heterocycles. The summed E-state index contributed by atoms with van der Waals surface area (Å²) in [6.45, 7) is 7.28. The third-order valence-electron chi connectivity index (χ3n) is 3.35. The molecule has 1 saturated heterocycles. The van der Waals surface area contributed by atoms with Crippen molar-refractivity contribution in [2.75, 3.05) is 38.6 Å². The van der Waals surface area contributed by atoms with E-state index in [0.29, 0.717) is 5.88 Å². The molecule has 1 fully saturated rings. The number of anilines is 1. The second-order valence-corrected chi connectivity index (χ2v) is 4.83. The van der Waals surface area contributed by atoms with E-state index in [9.17, 15) is 4.79 Å². The van der Waals surface area contributed by atoms with Gasteiger partial charge in [-0.3, -0.25) is 15.0 Å². The van der Waals surface area contributed by atoms with Gasteiger partial charge in [-0.1, -0.05) is 0 Å². The summed E-state index contributed by atoms with van der Waals surface area (Å²) in [7, 11) is 1.54. The van der Waals surface area contributed by atoms with Gasteiger partial charge in [-0.15, -0.1) is 0 Å². The van der Waals surface area contributed by atoms with Crippen LogP contribution in [0.2, 0.25) is 0 Å².